The number of rotatable bonds is 7. The van der Waals surface area contributed by atoms with E-state index in [0.717, 1.165) is 25.3 Å². The van der Waals surface area contributed by atoms with E-state index in [2.05, 4.69) is 18.3 Å². The largest absolute Gasteiger partial charge is 0.497 e. The van der Waals surface area contributed by atoms with E-state index in [0.29, 0.717) is 5.92 Å². The quantitative estimate of drug-likeness (QED) is 0.740. The Balaban J connectivity index is 2.31. The van der Waals surface area contributed by atoms with E-state index in [1.54, 1.807) is 7.11 Å². The summed E-state index contributed by atoms with van der Waals surface area (Å²) in [7, 11) is 1.68. The highest BCUT2D eigenvalue weighted by Gasteiger charge is 2.01. The zero-order chi connectivity index (χ0) is 11.8. The van der Waals surface area contributed by atoms with E-state index in [9.17, 15) is 0 Å². The lowest BCUT2D eigenvalue weighted by Gasteiger charge is -2.11. The molecule has 0 spiro atoms. The van der Waals surface area contributed by atoms with Gasteiger partial charge < -0.3 is 15.2 Å². The minimum atomic E-state index is 0.266. The van der Waals surface area contributed by atoms with E-state index in [1.807, 2.05) is 18.2 Å². The lowest BCUT2D eigenvalue weighted by molar-refractivity contribution is 0.260. The van der Waals surface area contributed by atoms with Crippen LogP contribution in [0.3, 0.4) is 0 Å². The monoisotopic (exact) mass is 223 g/mol. The molecule has 0 saturated heterocycles. The van der Waals surface area contributed by atoms with Crippen molar-refractivity contribution in [3.8, 4) is 5.75 Å². The Bertz CT molecular complexity index is 302. The third-order valence-electron chi connectivity index (χ3n) is 2.58. The molecule has 0 aliphatic carbocycles. The molecule has 0 saturated carbocycles. The van der Waals surface area contributed by atoms with Gasteiger partial charge in [-0.25, -0.2) is 0 Å². The zero-order valence-electron chi connectivity index (χ0n) is 10.1. The maximum atomic E-state index is 8.78. The lowest BCUT2D eigenvalue weighted by atomic mass is 10.1. The van der Waals surface area contributed by atoms with Crippen molar-refractivity contribution in [2.45, 2.75) is 19.9 Å². The van der Waals surface area contributed by atoms with E-state index in [4.69, 9.17) is 9.84 Å². The molecule has 0 aliphatic rings. The Labute approximate surface area is 97.4 Å². The summed E-state index contributed by atoms with van der Waals surface area (Å²) in [5.41, 5.74) is 1.22. The molecule has 1 atom stereocenters. The molecule has 2 N–H and O–H groups in total. The van der Waals surface area contributed by atoms with Crippen LogP contribution < -0.4 is 10.1 Å². The topological polar surface area (TPSA) is 41.5 Å². The molecule has 0 radical (unpaired) electrons. The fourth-order valence-electron chi connectivity index (χ4n) is 1.57. The van der Waals surface area contributed by atoms with Gasteiger partial charge in [-0.15, -0.1) is 0 Å². The standard InChI is InChI=1S/C13H21NO2/c1-11(6-7-15)9-14-10-12-4-3-5-13(8-12)16-2/h3-5,8,11,14-15H,6-7,9-10H2,1-2H3. The molecule has 1 aromatic rings. The van der Waals surface area contributed by atoms with Gasteiger partial charge in [-0.1, -0.05) is 19.1 Å². The van der Waals surface area contributed by atoms with Crippen LogP contribution in [0.15, 0.2) is 24.3 Å². The van der Waals surface area contributed by atoms with Crippen LogP contribution in [0.25, 0.3) is 0 Å². The first kappa shape index (κ1) is 13.0. The maximum Gasteiger partial charge on any atom is 0.119 e. The Kier molecular flexibility index (Phi) is 5.90. The molecule has 0 heterocycles. The number of hydrogen-bond acceptors (Lipinski definition) is 3. The molecule has 16 heavy (non-hydrogen) atoms. The van der Waals surface area contributed by atoms with Gasteiger partial charge in [-0.3, -0.25) is 0 Å². The van der Waals surface area contributed by atoms with Crippen molar-refractivity contribution in [3.05, 3.63) is 29.8 Å². The third-order valence-corrected chi connectivity index (χ3v) is 2.58. The van der Waals surface area contributed by atoms with Crippen LogP contribution in [0.2, 0.25) is 0 Å². The average Bonchev–Trinajstić information content (AvgIpc) is 2.30. The van der Waals surface area contributed by atoms with Crippen LogP contribution in [0, 0.1) is 5.92 Å². The number of aliphatic hydroxyl groups excluding tert-OH is 1. The number of methoxy groups -OCH3 is 1. The van der Waals surface area contributed by atoms with Gasteiger partial charge in [0.25, 0.3) is 0 Å². The van der Waals surface area contributed by atoms with Gasteiger partial charge in [0.15, 0.2) is 0 Å². The number of nitrogens with one attached hydrogen (secondary N) is 1. The Morgan fingerprint density at radius 1 is 1.44 bits per heavy atom. The van der Waals surface area contributed by atoms with Crippen molar-refractivity contribution in [3.63, 3.8) is 0 Å². The molecule has 0 fully saturated rings. The van der Waals surface area contributed by atoms with Gasteiger partial charge in [-0.05, 0) is 36.6 Å². The van der Waals surface area contributed by atoms with Gasteiger partial charge in [0.1, 0.15) is 5.75 Å². The van der Waals surface area contributed by atoms with E-state index >= 15 is 0 Å². The third kappa shape index (κ3) is 4.64. The normalized spacial score (nSPS) is 12.4. The van der Waals surface area contributed by atoms with Crippen LogP contribution >= 0.6 is 0 Å². The van der Waals surface area contributed by atoms with Gasteiger partial charge >= 0.3 is 0 Å². The van der Waals surface area contributed by atoms with Crippen molar-refractivity contribution in [2.75, 3.05) is 20.3 Å². The Hall–Kier alpha value is -1.06. The SMILES string of the molecule is COc1cccc(CNCC(C)CCO)c1. The minimum Gasteiger partial charge on any atom is -0.497 e. The van der Waals surface area contributed by atoms with Crippen molar-refractivity contribution >= 4 is 0 Å². The molecule has 1 rings (SSSR count). The fourth-order valence-corrected chi connectivity index (χ4v) is 1.57. The molecule has 0 aliphatic heterocycles. The summed E-state index contributed by atoms with van der Waals surface area (Å²) >= 11 is 0. The van der Waals surface area contributed by atoms with E-state index in [-0.39, 0.29) is 6.61 Å². The molecule has 0 aromatic heterocycles. The van der Waals surface area contributed by atoms with Gasteiger partial charge in [0, 0.05) is 13.2 Å². The molecular weight excluding hydrogens is 202 g/mol. The number of aliphatic hydroxyl groups is 1. The molecule has 0 amide bonds. The predicted octanol–water partition coefficient (Wildman–Crippen LogP) is 1.80. The molecule has 3 heteroatoms. The van der Waals surface area contributed by atoms with Crippen molar-refractivity contribution in [1.82, 2.24) is 5.32 Å². The lowest BCUT2D eigenvalue weighted by Crippen LogP contribution is -2.21. The summed E-state index contributed by atoms with van der Waals surface area (Å²) in [4.78, 5) is 0. The van der Waals surface area contributed by atoms with E-state index < -0.39 is 0 Å². The highest BCUT2D eigenvalue weighted by Crippen LogP contribution is 2.12. The maximum absolute atomic E-state index is 8.78. The Morgan fingerprint density at radius 2 is 2.25 bits per heavy atom. The summed E-state index contributed by atoms with van der Waals surface area (Å²) in [6, 6.07) is 8.04. The summed E-state index contributed by atoms with van der Waals surface area (Å²) in [6.07, 6.45) is 0.852. The first-order valence-electron chi connectivity index (χ1n) is 5.70. The first-order chi connectivity index (χ1) is 7.76. The molecule has 1 aromatic carbocycles. The second-order valence-corrected chi connectivity index (χ2v) is 4.10. The van der Waals surface area contributed by atoms with Crippen molar-refractivity contribution < 1.29 is 9.84 Å². The number of hydrogen-bond donors (Lipinski definition) is 2. The van der Waals surface area contributed by atoms with Gasteiger partial charge in [0.05, 0.1) is 7.11 Å². The average molecular weight is 223 g/mol. The molecular formula is C13H21NO2. The van der Waals surface area contributed by atoms with Crippen molar-refractivity contribution in [1.29, 1.82) is 0 Å². The van der Waals surface area contributed by atoms with E-state index in [1.165, 1.54) is 5.56 Å². The van der Waals surface area contributed by atoms with Crippen LogP contribution in [0.4, 0.5) is 0 Å². The summed E-state index contributed by atoms with van der Waals surface area (Å²) in [6.45, 7) is 4.17. The summed E-state index contributed by atoms with van der Waals surface area (Å²) < 4.78 is 5.16. The second kappa shape index (κ2) is 7.25. The predicted molar refractivity (Wildman–Crippen MR) is 65.6 cm³/mol. The highest BCUT2D eigenvalue weighted by molar-refractivity contribution is 5.28. The minimum absolute atomic E-state index is 0.266. The van der Waals surface area contributed by atoms with Crippen LogP contribution in [0.5, 0.6) is 5.75 Å². The smallest absolute Gasteiger partial charge is 0.119 e. The first-order valence-corrected chi connectivity index (χ1v) is 5.70. The zero-order valence-corrected chi connectivity index (χ0v) is 10.1. The van der Waals surface area contributed by atoms with Crippen LogP contribution in [-0.4, -0.2) is 25.4 Å². The highest BCUT2D eigenvalue weighted by atomic mass is 16.5. The number of ether oxygens (including phenoxy) is 1. The van der Waals surface area contributed by atoms with Gasteiger partial charge in [-0.2, -0.15) is 0 Å². The van der Waals surface area contributed by atoms with Crippen LogP contribution in [0.1, 0.15) is 18.9 Å². The summed E-state index contributed by atoms with van der Waals surface area (Å²) in [5.74, 6) is 1.40. The van der Waals surface area contributed by atoms with Gasteiger partial charge in [0.2, 0.25) is 0 Å². The number of benzene rings is 1. The van der Waals surface area contributed by atoms with Crippen molar-refractivity contribution in [2.24, 2.45) is 5.92 Å². The second-order valence-electron chi connectivity index (χ2n) is 4.10. The fraction of sp³-hybridized carbons (Fsp3) is 0.538. The molecule has 90 valence electrons. The summed E-state index contributed by atoms with van der Waals surface area (Å²) in [5, 5.41) is 12.1. The van der Waals surface area contributed by atoms with Crippen LogP contribution in [-0.2, 0) is 6.54 Å². The molecule has 3 nitrogen and oxygen atoms in total. The Morgan fingerprint density at radius 3 is 2.94 bits per heavy atom. The molecule has 1 unspecified atom stereocenters. The molecule has 0 bridgehead atoms.